The van der Waals surface area contributed by atoms with Crippen molar-refractivity contribution in [3.8, 4) is 0 Å². The Morgan fingerprint density at radius 2 is 0.573 bits per heavy atom. The fourth-order valence-electron chi connectivity index (χ4n) is 18.2. The molecule has 0 spiro atoms. The number of nitrogens with zero attached hydrogens (tertiary/aromatic N) is 6. The Morgan fingerprint density at radius 1 is 0.214 bits per heavy atom. The molecule has 0 bridgehead atoms. The Kier molecular flexibility index (Phi) is 17.6. The average Bonchev–Trinajstić information content (AvgIpc) is 1.66. The van der Waals surface area contributed by atoms with Crippen LogP contribution in [0, 0.1) is 0 Å². The van der Waals surface area contributed by atoms with E-state index in [2.05, 4.69) is 462 Å². The molecule has 6 aromatic heterocycles. The number of pyridine rings is 3. The van der Waals surface area contributed by atoms with Gasteiger partial charge in [0.25, 0.3) is 0 Å². The Labute approximate surface area is 695 Å². The summed E-state index contributed by atoms with van der Waals surface area (Å²) in [5.41, 5.74) is 8.72. The Balaban J connectivity index is 0.000000106. The van der Waals surface area contributed by atoms with E-state index in [0.717, 1.165) is 66.2 Å². The summed E-state index contributed by atoms with van der Waals surface area (Å²) in [7, 11) is 0. The summed E-state index contributed by atoms with van der Waals surface area (Å²) in [6.45, 7) is 0. The van der Waals surface area contributed by atoms with E-state index in [0.29, 0.717) is 0 Å². The van der Waals surface area contributed by atoms with Crippen molar-refractivity contribution in [2.45, 2.75) is 0 Å². The van der Waals surface area contributed by atoms with Gasteiger partial charge < -0.3 is 0 Å². The van der Waals surface area contributed by atoms with Gasteiger partial charge in [-0.2, -0.15) is 0 Å². The topological polar surface area (TPSA) is 51.9 Å². The standard InChI is InChI=1S/C35H23N2PS.2C35H23N2PSe/c39-38(25-13-3-1-4-14-25,26-15-5-2-6-16-26)32-21-11-20-31-34(32)36-35-29-23-22-24-12-7-8-17-27(24)33(29)28-18-9-10-19-30(28)37(31)35;39-38(25-14-3-1-4-15-25,26-16-5-2-6-17-26)32-23-24-13-7-8-18-27(24)33-28-19-9-11-21-30(28)37-31-22-12-10-20-29(31)36-35(37)34(32)33;39-38(25-12-3-1-4-13-25,26-14-5-2-6-15-26)27-20-22-33-31(23-27)36-35-30-21-19-24-11-7-8-16-28(24)34(30)29-17-9-10-18-32(29)37(33)35/h3*1-23H. The van der Waals surface area contributed by atoms with E-state index >= 15 is 0 Å². The number of hydrogen-bond donors (Lipinski definition) is 0. The predicted octanol–water partition coefficient (Wildman–Crippen LogP) is 22.4. The number of hydrogen-bond acceptors (Lipinski definition) is 4. The van der Waals surface area contributed by atoms with Crippen LogP contribution in [0.5, 0.6) is 0 Å². The summed E-state index contributed by atoms with van der Waals surface area (Å²) < 4.78 is 7.04. The van der Waals surface area contributed by atoms with Gasteiger partial charge in [0.15, 0.2) is 0 Å². The first-order valence-corrected chi connectivity index (χ1v) is 50.1. The van der Waals surface area contributed by atoms with Gasteiger partial charge in [-0.3, -0.25) is 4.40 Å². The van der Waals surface area contributed by atoms with Crippen molar-refractivity contribution in [2.24, 2.45) is 0 Å². The number of benzene rings is 18. The molecule has 0 aliphatic carbocycles. The molecule has 0 N–H and O–H groups in total. The molecule has 12 heteroatoms. The first-order chi connectivity index (χ1) is 57.7. The quantitative estimate of drug-likeness (QED) is 0.0821. The number of aromatic nitrogens is 6. The van der Waals surface area contributed by atoms with E-state index in [1.54, 1.807) is 0 Å². The van der Waals surface area contributed by atoms with Crippen LogP contribution in [0.25, 0.3) is 147 Å². The van der Waals surface area contributed by atoms with Crippen molar-refractivity contribution in [2.75, 3.05) is 0 Å². The van der Waals surface area contributed by atoms with Crippen LogP contribution >= 0.6 is 17.1 Å². The van der Waals surface area contributed by atoms with Crippen LogP contribution in [0.2, 0.25) is 0 Å². The molecule has 0 atom stereocenters. The number of fused-ring (bicyclic) bond motifs is 30. The zero-order valence-corrected chi connectivity index (χ0v) is 70.0. The zero-order valence-electron chi connectivity index (χ0n) is 63.1. The van der Waals surface area contributed by atoms with E-state index in [9.17, 15) is 0 Å². The summed E-state index contributed by atoms with van der Waals surface area (Å²) in [6.07, 6.45) is 0. The number of para-hydroxylation sites is 6. The van der Waals surface area contributed by atoms with Gasteiger partial charge >= 0.3 is 469 Å². The fraction of sp³-hybridized carbons (Fsp3) is 0. The molecular formula is C105H69N6P3SSe2. The second kappa shape index (κ2) is 28.9. The van der Waals surface area contributed by atoms with Gasteiger partial charge in [-0.25, -0.2) is 4.98 Å². The number of rotatable bonds is 9. The molecule has 0 saturated heterocycles. The molecule has 0 amide bonds. The van der Waals surface area contributed by atoms with Crippen molar-refractivity contribution in [3.05, 3.63) is 419 Å². The Morgan fingerprint density at radius 3 is 1.08 bits per heavy atom. The second-order valence-electron chi connectivity index (χ2n) is 29.8. The number of imidazole rings is 3. The van der Waals surface area contributed by atoms with Crippen molar-refractivity contribution < 1.29 is 0 Å². The molecule has 0 fully saturated rings. The normalized spacial score (nSPS) is 12.2. The molecule has 6 nitrogen and oxygen atoms in total. The van der Waals surface area contributed by atoms with Gasteiger partial charge in [-0.15, -0.1) is 0 Å². The van der Waals surface area contributed by atoms with Crippen LogP contribution in [0.1, 0.15) is 0 Å². The molecule has 0 aliphatic rings. The molecule has 0 radical (unpaired) electrons. The Bertz CT molecular complexity index is 8170. The van der Waals surface area contributed by atoms with E-state index in [1.807, 2.05) is 0 Å². The van der Waals surface area contributed by atoms with Crippen LogP contribution in [0.15, 0.2) is 419 Å². The van der Waals surface area contributed by atoms with Gasteiger partial charge in [0.1, 0.15) is 5.65 Å². The third-order valence-electron chi connectivity index (χ3n) is 23.5. The van der Waals surface area contributed by atoms with Gasteiger partial charge in [0, 0.05) is 27.5 Å². The van der Waals surface area contributed by atoms with Crippen LogP contribution in [-0.2, 0) is 11.8 Å². The van der Waals surface area contributed by atoms with E-state index < -0.39 is 17.1 Å². The van der Waals surface area contributed by atoms with E-state index in [-0.39, 0.29) is 0 Å². The third-order valence-corrected chi connectivity index (χ3v) is 42.4. The van der Waals surface area contributed by atoms with Gasteiger partial charge in [-0.05, 0) is 39.6 Å². The molecule has 0 unspecified atom stereocenters. The van der Waals surface area contributed by atoms with Crippen LogP contribution in [0.4, 0.5) is 0 Å². The predicted molar refractivity (Wildman–Crippen MR) is 511 cm³/mol. The first-order valence-electron chi connectivity index (χ1n) is 39.3. The molecule has 24 aromatic rings. The van der Waals surface area contributed by atoms with Crippen molar-refractivity contribution >= 4 is 254 Å². The summed E-state index contributed by atoms with van der Waals surface area (Å²) >= 11 is 14.3. The fourth-order valence-corrected chi connectivity index (χ4v) is 32.5. The minimum atomic E-state index is -2.38. The van der Waals surface area contributed by atoms with Crippen molar-refractivity contribution in [1.29, 1.82) is 0 Å². The summed E-state index contributed by atoms with van der Waals surface area (Å²) in [5, 5.41) is 29.9. The zero-order chi connectivity index (χ0) is 77.9. The van der Waals surface area contributed by atoms with Gasteiger partial charge in [0.05, 0.1) is 16.6 Å². The molecule has 24 rings (SSSR count). The third kappa shape index (κ3) is 11.3. The minimum absolute atomic E-state index is 0.972. The Hall–Kier alpha value is -12.3. The monoisotopic (exact) mass is 1700 g/mol. The molecule has 0 aliphatic heterocycles. The molecule has 117 heavy (non-hydrogen) atoms. The van der Waals surface area contributed by atoms with Crippen LogP contribution < -0.4 is 47.7 Å². The molecule has 6 heterocycles. The molecular weight excluding hydrogens is 1630 g/mol. The summed E-state index contributed by atoms with van der Waals surface area (Å²) in [5.74, 6) is 0. The molecule has 0 saturated carbocycles. The summed E-state index contributed by atoms with van der Waals surface area (Å²) in [4.78, 5) is 16.1. The second-order valence-corrected chi connectivity index (χ2v) is 46.6. The first kappa shape index (κ1) is 71.3. The van der Waals surface area contributed by atoms with Crippen LogP contribution in [-0.4, -0.2) is 58.4 Å². The van der Waals surface area contributed by atoms with E-state index in [1.165, 1.54) is 129 Å². The maximum absolute atomic E-state index is 6.75. The van der Waals surface area contributed by atoms with Gasteiger partial charge in [0.2, 0.25) is 0 Å². The van der Waals surface area contributed by atoms with E-state index in [4.69, 9.17) is 26.8 Å². The van der Waals surface area contributed by atoms with Crippen molar-refractivity contribution in [3.63, 3.8) is 0 Å². The maximum atomic E-state index is 6.75. The SMILES string of the molecule is S=P(c1ccccc1)(c1ccccc1)c1cccc2c1nc1c3ccc4ccccc4c3c3ccccc3n21.[Se]=P(c1ccccc1)(c1ccccc1)c1cc2ccccc2c2c3ccccc3n3c4ccccc4nc3c12.[Se]=P(c1ccccc1)(c1ccccc1)c1ccc2c(c1)nc1c3ccc4ccccc4c3c3ccccc3n21. The van der Waals surface area contributed by atoms with Crippen LogP contribution in [0.3, 0.4) is 0 Å². The van der Waals surface area contributed by atoms with Crippen molar-refractivity contribution in [1.82, 2.24) is 28.2 Å². The average molecular weight is 1700 g/mol. The molecule has 18 aromatic carbocycles. The molecule has 552 valence electrons. The van der Waals surface area contributed by atoms with Gasteiger partial charge in [-0.1, -0.05) is 133 Å². The summed E-state index contributed by atoms with van der Waals surface area (Å²) in [6, 6.07) is 148.